The van der Waals surface area contributed by atoms with Crippen LogP contribution < -0.4 is 4.74 Å². The van der Waals surface area contributed by atoms with E-state index in [2.05, 4.69) is 38.1 Å². The number of aliphatic carboxylic acids is 1. The molecule has 0 heterocycles. The highest BCUT2D eigenvalue weighted by Crippen LogP contribution is 2.42. The highest BCUT2D eigenvalue weighted by molar-refractivity contribution is 5.85. The summed E-state index contributed by atoms with van der Waals surface area (Å²) < 4.78 is 20.4. The zero-order valence-corrected chi connectivity index (χ0v) is 23.6. The van der Waals surface area contributed by atoms with Crippen molar-refractivity contribution in [3.8, 4) is 16.9 Å². The van der Waals surface area contributed by atoms with Gasteiger partial charge in [0, 0.05) is 10.8 Å². The lowest BCUT2D eigenvalue weighted by Gasteiger charge is -2.34. The molecular formula is C33H39FO4. The summed E-state index contributed by atoms with van der Waals surface area (Å²) in [5.41, 5.74) is 5.54. The number of hydrogen-bond donors (Lipinski definition) is 1. The van der Waals surface area contributed by atoms with Crippen LogP contribution in [0.2, 0.25) is 0 Å². The molecule has 3 rings (SSSR count). The van der Waals surface area contributed by atoms with E-state index in [1.165, 1.54) is 17.2 Å². The minimum atomic E-state index is -1.05. The van der Waals surface area contributed by atoms with Crippen molar-refractivity contribution in [3.05, 3.63) is 88.2 Å². The molecule has 0 aromatic heterocycles. The summed E-state index contributed by atoms with van der Waals surface area (Å²) in [4.78, 5) is 23.3. The Morgan fingerprint density at radius 3 is 1.97 bits per heavy atom. The monoisotopic (exact) mass is 518 g/mol. The molecule has 0 unspecified atom stereocenters. The van der Waals surface area contributed by atoms with Crippen LogP contribution in [0.5, 0.6) is 5.75 Å². The van der Waals surface area contributed by atoms with Gasteiger partial charge in [0.1, 0.15) is 18.2 Å². The van der Waals surface area contributed by atoms with Crippen LogP contribution in [-0.4, -0.2) is 23.5 Å². The summed E-state index contributed by atoms with van der Waals surface area (Å²) in [6.07, 6.45) is 1.45. The first-order valence-electron chi connectivity index (χ1n) is 13.2. The number of carbonyl (C=O) groups is 2. The van der Waals surface area contributed by atoms with E-state index in [0.29, 0.717) is 5.75 Å². The van der Waals surface area contributed by atoms with Crippen LogP contribution in [0, 0.1) is 25.1 Å². The van der Waals surface area contributed by atoms with Gasteiger partial charge in [0.25, 0.3) is 0 Å². The van der Waals surface area contributed by atoms with E-state index in [-0.39, 0.29) is 29.8 Å². The molecule has 0 amide bonds. The van der Waals surface area contributed by atoms with Crippen LogP contribution in [0.15, 0.2) is 54.6 Å². The molecule has 0 aliphatic rings. The fourth-order valence-corrected chi connectivity index (χ4v) is 5.01. The van der Waals surface area contributed by atoms with Crippen LogP contribution in [0.3, 0.4) is 0 Å². The Morgan fingerprint density at radius 1 is 0.868 bits per heavy atom. The predicted octanol–water partition coefficient (Wildman–Crippen LogP) is 7.84. The quantitative estimate of drug-likeness (QED) is 0.297. The highest BCUT2D eigenvalue weighted by Gasteiger charge is 2.32. The van der Waals surface area contributed by atoms with Crippen molar-refractivity contribution in [1.82, 2.24) is 0 Å². The molecule has 3 aromatic rings. The number of aryl methyl sites for hydroxylation is 2. The van der Waals surface area contributed by atoms with Gasteiger partial charge >= 0.3 is 5.97 Å². The third-order valence-corrected chi connectivity index (χ3v) is 7.61. The molecule has 0 bridgehead atoms. The second-order valence-corrected chi connectivity index (χ2v) is 11.1. The molecule has 0 saturated heterocycles. The Hall–Kier alpha value is -3.47. The summed E-state index contributed by atoms with van der Waals surface area (Å²) in [6, 6.07) is 17.3. The molecular weight excluding hydrogens is 479 g/mol. The highest BCUT2D eigenvalue weighted by atomic mass is 19.1. The molecule has 3 aromatic carbocycles. The van der Waals surface area contributed by atoms with Crippen molar-refractivity contribution < 1.29 is 23.8 Å². The van der Waals surface area contributed by atoms with Crippen molar-refractivity contribution in [3.63, 3.8) is 0 Å². The molecule has 5 heteroatoms. The van der Waals surface area contributed by atoms with Crippen LogP contribution >= 0.6 is 0 Å². The first kappa shape index (κ1) is 29.1. The second kappa shape index (κ2) is 11.5. The average Bonchev–Trinajstić information content (AvgIpc) is 2.85. The molecule has 4 nitrogen and oxygen atoms in total. The molecule has 0 aliphatic carbocycles. The Morgan fingerprint density at radius 2 is 1.47 bits per heavy atom. The van der Waals surface area contributed by atoms with E-state index in [4.69, 9.17) is 9.84 Å². The van der Waals surface area contributed by atoms with Gasteiger partial charge in [-0.2, -0.15) is 0 Å². The number of carboxylic acid groups (broad SMARTS) is 1. The van der Waals surface area contributed by atoms with Gasteiger partial charge in [0.05, 0.1) is 6.42 Å². The number of carbonyl (C=O) groups excluding carboxylic acids is 1. The van der Waals surface area contributed by atoms with Crippen LogP contribution in [0.4, 0.5) is 4.39 Å². The molecule has 0 saturated carbocycles. The number of halogens is 1. The van der Waals surface area contributed by atoms with E-state index in [1.807, 2.05) is 46.8 Å². The number of carboxylic acids is 1. The van der Waals surface area contributed by atoms with Gasteiger partial charge in [-0.25, -0.2) is 4.39 Å². The van der Waals surface area contributed by atoms with Gasteiger partial charge < -0.3 is 9.84 Å². The lowest BCUT2D eigenvalue weighted by atomic mass is 9.69. The van der Waals surface area contributed by atoms with Crippen molar-refractivity contribution in [2.24, 2.45) is 5.41 Å². The Labute approximate surface area is 225 Å². The first-order chi connectivity index (χ1) is 17.8. The zero-order chi connectivity index (χ0) is 28.3. The van der Waals surface area contributed by atoms with E-state index in [0.717, 1.165) is 35.1 Å². The number of hydrogen-bond acceptors (Lipinski definition) is 3. The topological polar surface area (TPSA) is 63.6 Å². The summed E-state index contributed by atoms with van der Waals surface area (Å²) in [6.45, 7) is 14.1. The van der Waals surface area contributed by atoms with Gasteiger partial charge in [-0.15, -0.1) is 0 Å². The third-order valence-electron chi connectivity index (χ3n) is 7.61. The molecule has 0 aliphatic heterocycles. The van der Waals surface area contributed by atoms with Gasteiger partial charge in [0.2, 0.25) is 0 Å². The molecule has 1 N–H and O–H groups in total. The first-order valence-corrected chi connectivity index (χ1v) is 13.2. The molecule has 0 atom stereocenters. The number of Topliss-reactive ketones (excluding diaryl/α,β-unsaturated/α-hetero) is 1. The van der Waals surface area contributed by atoms with Crippen LogP contribution in [-0.2, 0) is 21.4 Å². The Kier molecular flexibility index (Phi) is 8.81. The summed E-state index contributed by atoms with van der Waals surface area (Å²) in [5, 5.41) is 8.99. The van der Waals surface area contributed by atoms with E-state index in [1.54, 1.807) is 12.1 Å². The van der Waals surface area contributed by atoms with Crippen LogP contribution in [0.25, 0.3) is 11.1 Å². The smallest absolute Gasteiger partial charge is 0.307 e. The molecule has 0 spiro atoms. The second-order valence-electron chi connectivity index (χ2n) is 11.1. The summed E-state index contributed by atoms with van der Waals surface area (Å²) in [7, 11) is 0. The van der Waals surface area contributed by atoms with Gasteiger partial charge in [-0.1, -0.05) is 77.1 Å². The molecule has 38 heavy (non-hydrogen) atoms. The molecule has 0 fully saturated rings. The Balaban J connectivity index is 1.94. The zero-order valence-electron chi connectivity index (χ0n) is 23.6. The fraction of sp³-hybridized carbons (Fsp3) is 0.394. The van der Waals surface area contributed by atoms with E-state index < -0.39 is 17.2 Å². The van der Waals surface area contributed by atoms with Gasteiger partial charge in [-0.3, -0.25) is 9.59 Å². The van der Waals surface area contributed by atoms with Crippen molar-refractivity contribution >= 4 is 11.8 Å². The maximum atomic E-state index is 14.6. The van der Waals surface area contributed by atoms with Gasteiger partial charge in [-0.05, 0) is 77.8 Å². The SMILES string of the molecule is CCC(CC)(c1ccc(OCC(=O)C(C)(C)C)c(C)c1)c1ccc(-c2ccc(CC(=O)O)c(F)c2)c(C)c1. The van der Waals surface area contributed by atoms with E-state index in [9.17, 15) is 14.0 Å². The lowest BCUT2D eigenvalue weighted by Crippen LogP contribution is -2.27. The molecule has 0 radical (unpaired) electrons. The summed E-state index contributed by atoms with van der Waals surface area (Å²) in [5.74, 6) is -0.788. The number of rotatable bonds is 10. The van der Waals surface area contributed by atoms with Crippen molar-refractivity contribution in [1.29, 1.82) is 0 Å². The van der Waals surface area contributed by atoms with Gasteiger partial charge in [0.15, 0.2) is 5.78 Å². The number of benzene rings is 3. The standard InChI is InChI=1S/C33H39FO4/c1-8-33(9-2,26-13-15-29(22(4)17-26)38-20-30(35)32(5,6)7)25-12-14-27(21(3)16-25)23-10-11-24(19-31(36)37)28(34)18-23/h10-18H,8-9,19-20H2,1-7H3,(H,36,37). The van der Waals surface area contributed by atoms with Crippen molar-refractivity contribution in [2.45, 2.75) is 73.1 Å². The van der Waals surface area contributed by atoms with E-state index >= 15 is 0 Å². The largest absolute Gasteiger partial charge is 0.486 e. The fourth-order valence-electron chi connectivity index (χ4n) is 5.01. The maximum absolute atomic E-state index is 14.6. The third kappa shape index (κ3) is 6.15. The predicted molar refractivity (Wildman–Crippen MR) is 150 cm³/mol. The minimum Gasteiger partial charge on any atom is -0.486 e. The summed E-state index contributed by atoms with van der Waals surface area (Å²) >= 11 is 0. The average molecular weight is 519 g/mol. The lowest BCUT2D eigenvalue weighted by molar-refractivity contribution is -0.136. The maximum Gasteiger partial charge on any atom is 0.307 e. The van der Waals surface area contributed by atoms with Crippen LogP contribution in [0.1, 0.15) is 75.3 Å². The molecule has 202 valence electrons. The van der Waals surface area contributed by atoms with Crippen molar-refractivity contribution in [2.75, 3.05) is 6.61 Å². The Bertz CT molecular complexity index is 1330. The minimum absolute atomic E-state index is 0.0505. The number of ether oxygens (including phenoxy) is 1. The number of ketones is 1. The normalized spacial score (nSPS) is 11.9.